The van der Waals surface area contributed by atoms with Crippen molar-refractivity contribution in [2.75, 3.05) is 13.1 Å². The van der Waals surface area contributed by atoms with E-state index in [0.29, 0.717) is 24.2 Å². The van der Waals surface area contributed by atoms with Crippen molar-refractivity contribution >= 4 is 16.9 Å². The normalized spacial score (nSPS) is 19.8. The quantitative estimate of drug-likeness (QED) is 0.928. The van der Waals surface area contributed by atoms with E-state index >= 15 is 0 Å². The fourth-order valence-electron chi connectivity index (χ4n) is 3.61. The molecule has 0 unspecified atom stereocenters. The third kappa shape index (κ3) is 3.98. The molecule has 1 aliphatic rings. The van der Waals surface area contributed by atoms with Gasteiger partial charge in [0, 0.05) is 24.2 Å². The van der Waals surface area contributed by atoms with Crippen LogP contribution in [-0.4, -0.2) is 45.9 Å². The van der Waals surface area contributed by atoms with Gasteiger partial charge >= 0.3 is 0 Å². The molecule has 134 valence electrons. The van der Waals surface area contributed by atoms with Crippen LogP contribution in [0.2, 0.25) is 0 Å². The molecule has 1 N–H and O–H groups in total. The van der Waals surface area contributed by atoms with Gasteiger partial charge in [0.2, 0.25) is 0 Å². The average molecular weight is 340 g/mol. The van der Waals surface area contributed by atoms with Crippen molar-refractivity contribution in [3.63, 3.8) is 0 Å². The van der Waals surface area contributed by atoms with E-state index < -0.39 is 0 Å². The fraction of sp³-hybridized carbons (Fsp3) is 0.550. The van der Waals surface area contributed by atoms with Gasteiger partial charge in [-0.3, -0.25) is 9.69 Å². The first-order chi connectivity index (χ1) is 12.0. The number of hydrogen-bond donors (Lipinski definition) is 1. The lowest BCUT2D eigenvalue weighted by molar-refractivity contribution is 0.0886. The van der Waals surface area contributed by atoms with E-state index in [4.69, 9.17) is 0 Å². The molecule has 1 amide bonds. The largest absolute Gasteiger partial charge is 0.350 e. The third-order valence-electron chi connectivity index (χ3n) is 5.32. The zero-order chi connectivity index (χ0) is 18.0. The molecule has 1 fully saturated rings. The summed E-state index contributed by atoms with van der Waals surface area (Å²) in [5.41, 5.74) is 4.07. The van der Waals surface area contributed by atoms with Crippen molar-refractivity contribution in [3.05, 3.63) is 35.2 Å². The summed E-state index contributed by atoms with van der Waals surface area (Å²) in [5, 5.41) is 3.08. The van der Waals surface area contributed by atoms with Gasteiger partial charge in [0.25, 0.3) is 5.91 Å². The lowest BCUT2D eigenvalue weighted by Crippen LogP contribution is -2.48. The van der Waals surface area contributed by atoms with Crippen molar-refractivity contribution in [1.82, 2.24) is 20.2 Å². The number of fused-ring (bicyclic) bond motifs is 1. The van der Waals surface area contributed by atoms with Crippen LogP contribution in [0.1, 0.15) is 54.9 Å². The Balaban J connectivity index is 1.66. The SMILES string of the molecule is Cc1nc2ccc(C(=O)NC[C@H](C)N3CCCC[C@H]3C)cc2nc1C. The average Bonchev–Trinajstić information content (AvgIpc) is 2.60. The number of benzene rings is 1. The van der Waals surface area contributed by atoms with E-state index in [1.807, 2.05) is 32.0 Å². The van der Waals surface area contributed by atoms with Gasteiger partial charge in [0.15, 0.2) is 0 Å². The van der Waals surface area contributed by atoms with E-state index in [-0.39, 0.29) is 5.91 Å². The van der Waals surface area contributed by atoms with Gasteiger partial charge in [-0.15, -0.1) is 0 Å². The summed E-state index contributed by atoms with van der Waals surface area (Å²) >= 11 is 0. The standard InChI is InChI=1S/C20H28N4O/c1-13-7-5-6-10-24(13)14(2)12-21-20(25)17-8-9-18-19(11-17)23-16(4)15(3)22-18/h8-9,11,13-14H,5-7,10,12H2,1-4H3,(H,21,25)/t13-,14+/m1/s1. The van der Waals surface area contributed by atoms with Crippen molar-refractivity contribution < 1.29 is 4.79 Å². The van der Waals surface area contributed by atoms with Gasteiger partial charge in [0.1, 0.15) is 0 Å². The molecular weight excluding hydrogens is 312 g/mol. The maximum absolute atomic E-state index is 12.5. The molecule has 0 saturated carbocycles. The van der Waals surface area contributed by atoms with Crippen LogP contribution in [0.25, 0.3) is 11.0 Å². The molecular formula is C20H28N4O. The summed E-state index contributed by atoms with van der Waals surface area (Å²) in [4.78, 5) is 24.1. The Labute approximate surface area is 149 Å². The maximum Gasteiger partial charge on any atom is 0.251 e. The Morgan fingerprint density at radius 1 is 1.24 bits per heavy atom. The second-order valence-electron chi connectivity index (χ2n) is 7.24. The Kier molecular flexibility index (Phi) is 5.33. The van der Waals surface area contributed by atoms with Gasteiger partial charge in [-0.1, -0.05) is 6.42 Å². The summed E-state index contributed by atoms with van der Waals surface area (Å²) in [5.74, 6) is -0.0431. The van der Waals surface area contributed by atoms with Crippen molar-refractivity contribution in [2.24, 2.45) is 0 Å². The number of likely N-dealkylation sites (tertiary alicyclic amines) is 1. The number of aryl methyl sites for hydroxylation is 2. The minimum Gasteiger partial charge on any atom is -0.350 e. The molecule has 2 atom stereocenters. The smallest absolute Gasteiger partial charge is 0.251 e. The molecule has 0 spiro atoms. The van der Waals surface area contributed by atoms with E-state index in [9.17, 15) is 4.79 Å². The predicted molar refractivity (Wildman–Crippen MR) is 101 cm³/mol. The predicted octanol–water partition coefficient (Wildman–Crippen LogP) is 3.24. The molecule has 1 aliphatic heterocycles. The molecule has 1 aromatic carbocycles. The number of amides is 1. The van der Waals surface area contributed by atoms with Crippen LogP contribution in [0.5, 0.6) is 0 Å². The van der Waals surface area contributed by atoms with E-state index in [1.165, 1.54) is 19.3 Å². The first-order valence-electron chi connectivity index (χ1n) is 9.24. The van der Waals surface area contributed by atoms with E-state index in [2.05, 4.69) is 34.0 Å². The van der Waals surface area contributed by atoms with Crippen molar-refractivity contribution in [2.45, 2.75) is 59.0 Å². The molecule has 0 bridgehead atoms. The minimum atomic E-state index is -0.0431. The molecule has 2 heterocycles. The highest BCUT2D eigenvalue weighted by Gasteiger charge is 2.23. The number of rotatable bonds is 4. The Morgan fingerprint density at radius 3 is 2.68 bits per heavy atom. The van der Waals surface area contributed by atoms with Crippen LogP contribution >= 0.6 is 0 Å². The van der Waals surface area contributed by atoms with Crippen LogP contribution < -0.4 is 5.32 Å². The monoisotopic (exact) mass is 340 g/mol. The van der Waals surface area contributed by atoms with Crippen molar-refractivity contribution in [1.29, 1.82) is 0 Å². The maximum atomic E-state index is 12.5. The topological polar surface area (TPSA) is 58.1 Å². The van der Waals surface area contributed by atoms with Gasteiger partial charge in [-0.25, -0.2) is 9.97 Å². The number of nitrogens with one attached hydrogen (secondary N) is 1. The molecule has 3 rings (SSSR count). The number of carbonyl (C=O) groups excluding carboxylic acids is 1. The third-order valence-corrected chi connectivity index (χ3v) is 5.32. The highest BCUT2D eigenvalue weighted by molar-refractivity contribution is 5.97. The van der Waals surface area contributed by atoms with Crippen LogP contribution in [-0.2, 0) is 0 Å². The molecule has 1 saturated heterocycles. The second kappa shape index (κ2) is 7.48. The first-order valence-corrected chi connectivity index (χ1v) is 9.24. The number of hydrogen-bond acceptors (Lipinski definition) is 4. The molecule has 0 radical (unpaired) electrons. The lowest BCUT2D eigenvalue weighted by Gasteiger charge is -2.38. The highest BCUT2D eigenvalue weighted by Crippen LogP contribution is 2.19. The second-order valence-corrected chi connectivity index (χ2v) is 7.24. The van der Waals surface area contributed by atoms with Crippen LogP contribution in [0.15, 0.2) is 18.2 Å². The number of aromatic nitrogens is 2. The number of carbonyl (C=O) groups is 1. The first kappa shape index (κ1) is 17.8. The molecule has 5 nitrogen and oxygen atoms in total. The molecule has 25 heavy (non-hydrogen) atoms. The van der Waals surface area contributed by atoms with Crippen LogP contribution in [0.4, 0.5) is 0 Å². The zero-order valence-electron chi connectivity index (χ0n) is 15.7. The Morgan fingerprint density at radius 2 is 1.96 bits per heavy atom. The molecule has 0 aliphatic carbocycles. The summed E-state index contributed by atoms with van der Waals surface area (Å²) in [6, 6.07) is 6.49. The molecule has 2 aromatic rings. The number of piperidine rings is 1. The van der Waals surface area contributed by atoms with Crippen LogP contribution in [0, 0.1) is 13.8 Å². The van der Waals surface area contributed by atoms with E-state index in [1.54, 1.807) is 0 Å². The summed E-state index contributed by atoms with van der Waals surface area (Å²) < 4.78 is 0. The lowest BCUT2D eigenvalue weighted by atomic mass is 10.0. The zero-order valence-corrected chi connectivity index (χ0v) is 15.7. The van der Waals surface area contributed by atoms with E-state index in [0.717, 1.165) is 29.0 Å². The van der Waals surface area contributed by atoms with Gasteiger partial charge in [-0.2, -0.15) is 0 Å². The summed E-state index contributed by atoms with van der Waals surface area (Å²) in [6.45, 7) is 10.2. The molecule has 1 aromatic heterocycles. The van der Waals surface area contributed by atoms with Gasteiger partial charge in [0.05, 0.1) is 22.4 Å². The minimum absolute atomic E-state index is 0.0431. The number of nitrogens with zero attached hydrogens (tertiary/aromatic N) is 3. The summed E-state index contributed by atoms with van der Waals surface area (Å²) in [6.07, 6.45) is 3.82. The van der Waals surface area contributed by atoms with Gasteiger partial charge in [-0.05, 0) is 65.3 Å². The fourth-order valence-corrected chi connectivity index (χ4v) is 3.61. The van der Waals surface area contributed by atoms with Crippen molar-refractivity contribution in [3.8, 4) is 0 Å². The Hall–Kier alpha value is -2.01. The summed E-state index contributed by atoms with van der Waals surface area (Å²) in [7, 11) is 0. The highest BCUT2D eigenvalue weighted by atomic mass is 16.1. The Bertz CT molecular complexity index is 774. The van der Waals surface area contributed by atoms with Crippen LogP contribution in [0.3, 0.4) is 0 Å². The van der Waals surface area contributed by atoms with Gasteiger partial charge < -0.3 is 5.32 Å². The molecule has 5 heteroatoms.